The molecule has 2 N–H and O–H groups in total. The molecule has 0 heterocycles. The average Bonchev–Trinajstić information content (AvgIpc) is 2.64. The number of nitrogens with zero attached hydrogens (tertiary/aromatic N) is 1. The standard InChI is InChI=1S/C21H35N3O3/c1-17-6-7-18(19(14-17)27-13-12-26-4)15-23-20(22-2)24-16-21(8-5-9-21)10-11-25-3/h6-7,14H,5,8-13,15-16H2,1-4H3,(H2,22,23,24). The van der Waals surface area contributed by atoms with Gasteiger partial charge in [-0.25, -0.2) is 0 Å². The first kappa shape index (κ1) is 21.5. The van der Waals surface area contributed by atoms with Crippen molar-refractivity contribution in [2.45, 2.75) is 39.2 Å². The van der Waals surface area contributed by atoms with Crippen LogP contribution >= 0.6 is 0 Å². The van der Waals surface area contributed by atoms with E-state index in [1.165, 1.54) is 24.8 Å². The number of methoxy groups -OCH3 is 2. The van der Waals surface area contributed by atoms with Crippen molar-refractivity contribution in [3.05, 3.63) is 29.3 Å². The summed E-state index contributed by atoms with van der Waals surface area (Å²) >= 11 is 0. The third kappa shape index (κ3) is 6.70. The number of rotatable bonds is 11. The zero-order valence-corrected chi connectivity index (χ0v) is 17.3. The number of aliphatic imine (C=N–C) groups is 1. The van der Waals surface area contributed by atoms with E-state index >= 15 is 0 Å². The summed E-state index contributed by atoms with van der Waals surface area (Å²) in [4.78, 5) is 4.37. The number of guanidine groups is 1. The van der Waals surface area contributed by atoms with E-state index in [1.807, 2.05) is 7.05 Å². The van der Waals surface area contributed by atoms with Gasteiger partial charge in [-0.3, -0.25) is 4.99 Å². The first-order valence-electron chi connectivity index (χ1n) is 9.77. The van der Waals surface area contributed by atoms with Gasteiger partial charge in [-0.05, 0) is 43.2 Å². The smallest absolute Gasteiger partial charge is 0.191 e. The summed E-state index contributed by atoms with van der Waals surface area (Å²) in [5.74, 6) is 1.72. The molecule has 152 valence electrons. The van der Waals surface area contributed by atoms with Crippen molar-refractivity contribution in [3.8, 4) is 5.75 Å². The van der Waals surface area contributed by atoms with Gasteiger partial charge in [-0.2, -0.15) is 0 Å². The summed E-state index contributed by atoms with van der Waals surface area (Å²) in [5.41, 5.74) is 2.64. The Kier molecular flexibility index (Phi) is 8.88. The summed E-state index contributed by atoms with van der Waals surface area (Å²) in [7, 11) is 5.26. The molecule has 1 saturated carbocycles. The van der Waals surface area contributed by atoms with Crippen LogP contribution in [0.1, 0.15) is 36.8 Å². The molecule has 6 heteroatoms. The van der Waals surface area contributed by atoms with Crippen LogP contribution in [-0.2, 0) is 16.0 Å². The Morgan fingerprint density at radius 2 is 1.89 bits per heavy atom. The Morgan fingerprint density at radius 3 is 2.52 bits per heavy atom. The minimum atomic E-state index is 0.353. The van der Waals surface area contributed by atoms with Crippen molar-refractivity contribution in [2.75, 3.05) is 47.6 Å². The molecule has 0 bridgehead atoms. The summed E-state index contributed by atoms with van der Waals surface area (Å²) < 4.78 is 16.2. The van der Waals surface area contributed by atoms with Crippen LogP contribution in [0.4, 0.5) is 0 Å². The Morgan fingerprint density at radius 1 is 1.11 bits per heavy atom. The summed E-state index contributed by atoms with van der Waals surface area (Å²) in [6, 6.07) is 6.27. The van der Waals surface area contributed by atoms with Gasteiger partial charge in [0.1, 0.15) is 12.4 Å². The second-order valence-electron chi connectivity index (χ2n) is 7.33. The maximum absolute atomic E-state index is 5.87. The van der Waals surface area contributed by atoms with E-state index < -0.39 is 0 Å². The lowest BCUT2D eigenvalue weighted by Crippen LogP contribution is -2.46. The van der Waals surface area contributed by atoms with E-state index in [1.54, 1.807) is 14.2 Å². The Labute approximate surface area is 163 Å². The molecule has 27 heavy (non-hydrogen) atoms. The molecule has 1 aromatic rings. The predicted molar refractivity (Wildman–Crippen MR) is 110 cm³/mol. The molecule has 1 fully saturated rings. The molecule has 0 atom stereocenters. The maximum atomic E-state index is 5.87. The highest BCUT2D eigenvalue weighted by molar-refractivity contribution is 5.79. The van der Waals surface area contributed by atoms with Crippen LogP contribution in [0.15, 0.2) is 23.2 Å². The van der Waals surface area contributed by atoms with E-state index in [2.05, 4.69) is 40.7 Å². The Bertz CT molecular complexity index is 600. The highest BCUT2D eigenvalue weighted by atomic mass is 16.5. The van der Waals surface area contributed by atoms with E-state index in [0.717, 1.165) is 36.8 Å². The highest BCUT2D eigenvalue weighted by Gasteiger charge is 2.36. The lowest BCUT2D eigenvalue weighted by Gasteiger charge is -2.42. The van der Waals surface area contributed by atoms with Crippen LogP contribution in [0.3, 0.4) is 0 Å². The summed E-state index contributed by atoms with van der Waals surface area (Å²) in [6.07, 6.45) is 4.93. The molecule has 0 radical (unpaired) electrons. The molecular weight excluding hydrogens is 342 g/mol. The molecule has 0 aromatic heterocycles. The van der Waals surface area contributed by atoms with Crippen molar-refractivity contribution in [3.63, 3.8) is 0 Å². The van der Waals surface area contributed by atoms with E-state index in [4.69, 9.17) is 14.2 Å². The second kappa shape index (κ2) is 11.1. The number of nitrogens with one attached hydrogen (secondary N) is 2. The second-order valence-corrected chi connectivity index (χ2v) is 7.33. The van der Waals surface area contributed by atoms with Gasteiger partial charge in [0, 0.05) is 46.5 Å². The van der Waals surface area contributed by atoms with Gasteiger partial charge < -0.3 is 24.8 Å². The van der Waals surface area contributed by atoms with Crippen molar-refractivity contribution in [2.24, 2.45) is 10.4 Å². The summed E-state index contributed by atoms with van der Waals surface area (Å²) in [5, 5.41) is 6.91. The molecule has 0 aliphatic heterocycles. The van der Waals surface area contributed by atoms with Gasteiger partial charge in [0.25, 0.3) is 0 Å². The van der Waals surface area contributed by atoms with Crippen molar-refractivity contribution >= 4 is 5.96 Å². The lowest BCUT2D eigenvalue weighted by molar-refractivity contribution is 0.0732. The molecule has 0 spiro atoms. The van der Waals surface area contributed by atoms with Gasteiger partial charge in [0.15, 0.2) is 5.96 Å². The third-order valence-electron chi connectivity index (χ3n) is 5.32. The minimum Gasteiger partial charge on any atom is -0.491 e. The van der Waals surface area contributed by atoms with Crippen LogP contribution in [0, 0.1) is 12.3 Å². The van der Waals surface area contributed by atoms with Crippen LogP contribution in [0.25, 0.3) is 0 Å². The third-order valence-corrected chi connectivity index (χ3v) is 5.32. The normalized spacial score (nSPS) is 15.9. The SMILES string of the molecule is CN=C(NCc1ccc(C)cc1OCCOC)NCC1(CCOC)CCC1. The zero-order valence-electron chi connectivity index (χ0n) is 17.3. The molecule has 1 aliphatic carbocycles. The van der Waals surface area contributed by atoms with E-state index in [-0.39, 0.29) is 0 Å². The lowest BCUT2D eigenvalue weighted by atomic mass is 9.67. The topological polar surface area (TPSA) is 64.1 Å². The fourth-order valence-electron chi connectivity index (χ4n) is 3.36. The van der Waals surface area contributed by atoms with Crippen LogP contribution < -0.4 is 15.4 Å². The van der Waals surface area contributed by atoms with Gasteiger partial charge in [-0.1, -0.05) is 18.6 Å². The fourth-order valence-corrected chi connectivity index (χ4v) is 3.36. The molecule has 1 aromatic carbocycles. The largest absolute Gasteiger partial charge is 0.491 e. The summed E-state index contributed by atoms with van der Waals surface area (Å²) in [6.45, 7) is 5.60. The van der Waals surface area contributed by atoms with Crippen LogP contribution in [0.5, 0.6) is 5.75 Å². The van der Waals surface area contributed by atoms with Gasteiger partial charge >= 0.3 is 0 Å². The van der Waals surface area contributed by atoms with Crippen molar-refractivity contribution in [1.29, 1.82) is 0 Å². The number of hydrogen-bond donors (Lipinski definition) is 2. The first-order valence-corrected chi connectivity index (χ1v) is 9.77. The zero-order chi connectivity index (χ0) is 19.5. The predicted octanol–water partition coefficient (Wildman–Crippen LogP) is 2.89. The molecule has 0 unspecified atom stereocenters. The minimum absolute atomic E-state index is 0.353. The molecule has 6 nitrogen and oxygen atoms in total. The molecular formula is C21H35N3O3. The maximum Gasteiger partial charge on any atom is 0.191 e. The Hall–Kier alpha value is -1.79. The fraction of sp³-hybridized carbons (Fsp3) is 0.667. The molecule has 0 amide bonds. The number of aryl methyl sites for hydroxylation is 1. The first-order chi connectivity index (χ1) is 13.1. The van der Waals surface area contributed by atoms with Gasteiger partial charge in [0.2, 0.25) is 0 Å². The number of ether oxygens (including phenoxy) is 3. The van der Waals surface area contributed by atoms with E-state index in [9.17, 15) is 0 Å². The average molecular weight is 378 g/mol. The van der Waals surface area contributed by atoms with Gasteiger partial charge in [0.05, 0.1) is 6.61 Å². The highest BCUT2D eigenvalue weighted by Crippen LogP contribution is 2.43. The molecule has 1 aliphatic rings. The van der Waals surface area contributed by atoms with Crippen molar-refractivity contribution < 1.29 is 14.2 Å². The van der Waals surface area contributed by atoms with Crippen molar-refractivity contribution in [1.82, 2.24) is 10.6 Å². The van der Waals surface area contributed by atoms with E-state index in [0.29, 0.717) is 25.2 Å². The van der Waals surface area contributed by atoms with Crippen LogP contribution in [-0.4, -0.2) is 53.6 Å². The van der Waals surface area contributed by atoms with Gasteiger partial charge in [-0.15, -0.1) is 0 Å². The molecule has 2 rings (SSSR count). The monoisotopic (exact) mass is 377 g/mol. The number of hydrogen-bond acceptors (Lipinski definition) is 4. The van der Waals surface area contributed by atoms with Crippen LogP contribution in [0.2, 0.25) is 0 Å². The Balaban J connectivity index is 1.88. The molecule has 0 saturated heterocycles. The quantitative estimate of drug-likeness (QED) is 0.353. The number of benzene rings is 1.